The lowest BCUT2D eigenvalue weighted by Gasteiger charge is -2.28. The minimum atomic E-state index is -0.461. The second-order valence-corrected chi connectivity index (χ2v) is 5.44. The average Bonchev–Trinajstić information content (AvgIpc) is 2.49. The van der Waals surface area contributed by atoms with Crippen LogP contribution in [0.5, 0.6) is 11.5 Å². The highest BCUT2D eigenvalue weighted by atomic mass is 16.5. The lowest BCUT2D eigenvalue weighted by molar-refractivity contribution is 0.0717. The number of ether oxygens (including phenoxy) is 2. The predicted octanol–water partition coefficient (Wildman–Crippen LogP) is 2.05. The molecule has 0 spiro atoms. The second-order valence-electron chi connectivity index (χ2n) is 5.44. The largest absolute Gasteiger partial charge is 0.496 e. The summed E-state index contributed by atoms with van der Waals surface area (Å²) in [6.45, 7) is 1.88. The molecule has 5 nitrogen and oxygen atoms in total. The van der Waals surface area contributed by atoms with Crippen molar-refractivity contribution < 1.29 is 19.4 Å². The van der Waals surface area contributed by atoms with Gasteiger partial charge in [0.2, 0.25) is 0 Å². The van der Waals surface area contributed by atoms with Crippen molar-refractivity contribution >= 4 is 5.91 Å². The molecule has 0 radical (unpaired) electrons. The van der Waals surface area contributed by atoms with Gasteiger partial charge in [-0.3, -0.25) is 4.79 Å². The molecule has 0 aliphatic heterocycles. The summed E-state index contributed by atoms with van der Waals surface area (Å²) in [6.07, 6.45) is 3.14. The van der Waals surface area contributed by atoms with Crippen molar-refractivity contribution in [3.63, 3.8) is 0 Å². The molecule has 1 aliphatic carbocycles. The number of aliphatic hydroxyl groups is 1. The normalized spacial score (nSPS) is 21.7. The fourth-order valence-corrected chi connectivity index (χ4v) is 2.75. The molecule has 1 amide bonds. The van der Waals surface area contributed by atoms with Crippen LogP contribution in [0.1, 0.15) is 41.6 Å². The molecule has 2 unspecified atom stereocenters. The zero-order chi connectivity index (χ0) is 15.4. The molecule has 1 fully saturated rings. The van der Waals surface area contributed by atoms with Crippen LogP contribution in [0.15, 0.2) is 12.1 Å². The SMILES string of the molecule is COc1cc(C(=O)NC2CCCCC2O)cc(OC)c1C. The summed E-state index contributed by atoms with van der Waals surface area (Å²) in [5, 5.41) is 12.9. The van der Waals surface area contributed by atoms with Gasteiger partial charge in [-0.2, -0.15) is 0 Å². The fourth-order valence-electron chi connectivity index (χ4n) is 2.75. The van der Waals surface area contributed by atoms with Crippen LogP contribution in [-0.2, 0) is 0 Å². The van der Waals surface area contributed by atoms with Gasteiger partial charge in [-0.1, -0.05) is 12.8 Å². The number of nitrogens with one attached hydrogen (secondary N) is 1. The summed E-state index contributed by atoms with van der Waals surface area (Å²) in [4.78, 5) is 12.4. The monoisotopic (exact) mass is 293 g/mol. The van der Waals surface area contributed by atoms with E-state index in [0.717, 1.165) is 31.2 Å². The molecule has 21 heavy (non-hydrogen) atoms. The highest BCUT2D eigenvalue weighted by Gasteiger charge is 2.25. The Morgan fingerprint density at radius 1 is 1.19 bits per heavy atom. The number of hydrogen-bond donors (Lipinski definition) is 2. The smallest absolute Gasteiger partial charge is 0.251 e. The third-order valence-corrected chi connectivity index (χ3v) is 4.06. The van der Waals surface area contributed by atoms with Gasteiger partial charge in [0, 0.05) is 11.1 Å². The number of carbonyl (C=O) groups excluding carboxylic acids is 1. The maximum Gasteiger partial charge on any atom is 0.251 e. The van der Waals surface area contributed by atoms with Crippen LogP contribution in [0, 0.1) is 6.92 Å². The van der Waals surface area contributed by atoms with Gasteiger partial charge in [0.25, 0.3) is 5.91 Å². The molecule has 2 rings (SSSR count). The Labute approximate surface area is 125 Å². The zero-order valence-electron chi connectivity index (χ0n) is 12.8. The maximum absolute atomic E-state index is 12.4. The third-order valence-electron chi connectivity index (χ3n) is 4.06. The van der Waals surface area contributed by atoms with E-state index >= 15 is 0 Å². The van der Waals surface area contributed by atoms with E-state index in [0.29, 0.717) is 17.1 Å². The van der Waals surface area contributed by atoms with Crippen LogP contribution in [0.3, 0.4) is 0 Å². The quantitative estimate of drug-likeness (QED) is 0.891. The minimum Gasteiger partial charge on any atom is -0.496 e. The summed E-state index contributed by atoms with van der Waals surface area (Å²) in [5.74, 6) is 1.02. The van der Waals surface area contributed by atoms with Crippen molar-refractivity contribution in [2.75, 3.05) is 14.2 Å². The van der Waals surface area contributed by atoms with Gasteiger partial charge < -0.3 is 19.9 Å². The molecule has 0 saturated heterocycles. The molecule has 1 aromatic carbocycles. The van der Waals surface area contributed by atoms with Gasteiger partial charge in [-0.25, -0.2) is 0 Å². The van der Waals surface area contributed by atoms with Crippen LogP contribution >= 0.6 is 0 Å². The molecule has 5 heteroatoms. The van der Waals surface area contributed by atoms with Crippen molar-refractivity contribution in [1.29, 1.82) is 0 Å². The van der Waals surface area contributed by atoms with Crippen LogP contribution in [0.4, 0.5) is 0 Å². The van der Waals surface area contributed by atoms with Crippen LogP contribution in [0.25, 0.3) is 0 Å². The predicted molar refractivity (Wildman–Crippen MR) is 80.0 cm³/mol. The van der Waals surface area contributed by atoms with Gasteiger partial charge in [0.15, 0.2) is 0 Å². The molecule has 0 heterocycles. The molecule has 1 aliphatic rings. The van der Waals surface area contributed by atoms with Crippen LogP contribution < -0.4 is 14.8 Å². The Hall–Kier alpha value is -1.75. The van der Waals surface area contributed by atoms with Crippen molar-refractivity contribution in [2.24, 2.45) is 0 Å². The Kier molecular flexibility index (Phi) is 5.07. The minimum absolute atomic E-state index is 0.176. The van der Waals surface area contributed by atoms with Crippen LogP contribution in [0.2, 0.25) is 0 Å². The molecule has 0 bridgehead atoms. The van der Waals surface area contributed by atoms with E-state index in [2.05, 4.69) is 5.32 Å². The Morgan fingerprint density at radius 2 is 1.76 bits per heavy atom. The number of rotatable bonds is 4. The molecular weight excluding hydrogens is 270 g/mol. The van der Waals surface area contributed by atoms with Gasteiger partial charge in [-0.05, 0) is 31.9 Å². The van der Waals surface area contributed by atoms with Gasteiger partial charge in [-0.15, -0.1) is 0 Å². The van der Waals surface area contributed by atoms with Crippen LogP contribution in [-0.4, -0.2) is 37.4 Å². The van der Waals surface area contributed by atoms with E-state index in [4.69, 9.17) is 9.47 Å². The van der Waals surface area contributed by atoms with Crippen molar-refractivity contribution in [1.82, 2.24) is 5.32 Å². The zero-order valence-corrected chi connectivity index (χ0v) is 12.8. The summed E-state index contributed by atoms with van der Waals surface area (Å²) < 4.78 is 10.6. The number of carbonyl (C=O) groups is 1. The van der Waals surface area contributed by atoms with E-state index in [1.807, 2.05) is 6.92 Å². The first-order chi connectivity index (χ1) is 10.1. The summed E-state index contributed by atoms with van der Waals surface area (Å²) >= 11 is 0. The van der Waals surface area contributed by atoms with Gasteiger partial charge >= 0.3 is 0 Å². The lowest BCUT2D eigenvalue weighted by atomic mass is 9.92. The number of amides is 1. The number of aliphatic hydroxyl groups excluding tert-OH is 1. The van der Waals surface area contributed by atoms with Gasteiger partial charge in [0.1, 0.15) is 11.5 Å². The molecule has 0 aromatic heterocycles. The van der Waals surface area contributed by atoms with E-state index in [9.17, 15) is 9.90 Å². The molecule has 1 saturated carbocycles. The lowest BCUT2D eigenvalue weighted by Crippen LogP contribution is -2.45. The molecule has 1 aromatic rings. The van der Waals surface area contributed by atoms with Crippen molar-refractivity contribution in [3.8, 4) is 11.5 Å². The average molecular weight is 293 g/mol. The Bertz CT molecular complexity index is 490. The highest BCUT2D eigenvalue weighted by Crippen LogP contribution is 2.29. The summed E-state index contributed by atoms with van der Waals surface area (Å²) in [6, 6.07) is 3.22. The molecule has 2 atom stereocenters. The second kappa shape index (κ2) is 6.80. The van der Waals surface area contributed by atoms with Gasteiger partial charge in [0.05, 0.1) is 26.4 Å². The first-order valence-corrected chi connectivity index (χ1v) is 7.28. The molecule has 2 N–H and O–H groups in total. The van der Waals surface area contributed by atoms with E-state index in [1.165, 1.54) is 0 Å². The fraction of sp³-hybridized carbons (Fsp3) is 0.562. The Balaban J connectivity index is 2.18. The number of hydrogen-bond acceptors (Lipinski definition) is 4. The maximum atomic E-state index is 12.4. The number of benzene rings is 1. The topological polar surface area (TPSA) is 67.8 Å². The Morgan fingerprint density at radius 3 is 2.29 bits per heavy atom. The van der Waals surface area contributed by atoms with E-state index in [-0.39, 0.29) is 11.9 Å². The molecular formula is C16H23NO4. The van der Waals surface area contributed by atoms with Crippen molar-refractivity contribution in [2.45, 2.75) is 44.8 Å². The van der Waals surface area contributed by atoms with E-state index < -0.39 is 6.10 Å². The van der Waals surface area contributed by atoms with E-state index in [1.54, 1.807) is 26.4 Å². The first-order valence-electron chi connectivity index (χ1n) is 7.28. The van der Waals surface area contributed by atoms with Crippen molar-refractivity contribution in [3.05, 3.63) is 23.3 Å². The first kappa shape index (κ1) is 15.6. The molecule has 116 valence electrons. The third kappa shape index (κ3) is 3.47. The number of methoxy groups -OCH3 is 2. The summed E-state index contributed by atoms with van der Waals surface area (Å²) in [5.41, 5.74) is 1.33. The highest BCUT2D eigenvalue weighted by molar-refractivity contribution is 5.95. The standard InChI is InChI=1S/C16H23NO4/c1-10-14(20-2)8-11(9-15(10)21-3)16(19)17-12-6-4-5-7-13(12)18/h8-9,12-13,18H,4-7H2,1-3H3,(H,17,19). The summed E-state index contributed by atoms with van der Waals surface area (Å²) in [7, 11) is 3.13.